The Morgan fingerprint density at radius 3 is 2.82 bits per heavy atom. The molecule has 1 heterocycles. The fourth-order valence-electron chi connectivity index (χ4n) is 1.96. The maximum absolute atomic E-state index is 12.3. The van der Waals surface area contributed by atoms with Crippen LogP contribution in [-0.4, -0.2) is 34.9 Å². The van der Waals surface area contributed by atoms with Crippen molar-refractivity contribution in [3.8, 4) is 0 Å². The summed E-state index contributed by atoms with van der Waals surface area (Å²) >= 11 is 8.15. The van der Waals surface area contributed by atoms with Gasteiger partial charge in [0.05, 0.1) is 0 Å². The Balaban J connectivity index is 2.09. The van der Waals surface area contributed by atoms with Gasteiger partial charge in [0.15, 0.2) is 0 Å². The summed E-state index contributed by atoms with van der Waals surface area (Å²) in [7, 11) is 0. The van der Waals surface area contributed by atoms with Crippen LogP contribution < -0.4 is 0 Å². The van der Waals surface area contributed by atoms with Crippen molar-refractivity contribution in [3.63, 3.8) is 0 Å². The summed E-state index contributed by atoms with van der Waals surface area (Å²) in [4.78, 5) is 14.2. The molecule has 2 rings (SSSR count). The Morgan fingerprint density at radius 2 is 2.18 bits per heavy atom. The average Bonchev–Trinajstić information content (AvgIpc) is 2.39. The van der Waals surface area contributed by atoms with Gasteiger partial charge in [-0.1, -0.05) is 30.3 Å². The van der Waals surface area contributed by atoms with E-state index in [9.17, 15) is 4.79 Å². The molecule has 1 amide bonds. The lowest BCUT2D eigenvalue weighted by Gasteiger charge is -2.34. The van der Waals surface area contributed by atoms with E-state index in [1.807, 2.05) is 47.0 Å². The predicted molar refractivity (Wildman–Crippen MR) is 73.5 cm³/mol. The lowest BCUT2D eigenvalue weighted by Crippen LogP contribution is -2.45. The number of thioether (sulfide) groups is 1. The molecule has 0 radical (unpaired) electrons. The van der Waals surface area contributed by atoms with E-state index < -0.39 is 5.38 Å². The molecule has 0 aromatic heterocycles. The number of amides is 1. The van der Waals surface area contributed by atoms with E-state index in [1.165, 1.54) is 0 Å². The maximum Gasteiger partial charge on any atom is 0.245 e. The summed E-state index contributed by atoms with van der Waals surface area (Å²) in [5.41, 5.74) is 0.879. The van der Waals surface area contributed by atoms with Gasteiger partial charge in [0.1, 0.15) is 5.38 Å². The second-order valence-corrected chi connectivity index (χ2v) is 5.82. The molecule has 2 nitrogen and oxygen atoms in total. The molecule has 4 heteroatoms. The molecule has 1 aliphatic heterocycles. The number of benzene rings is 1. The highest BCUT2D eigenvalue weighted by Crippen LogP contribution is 2.26. The topological polar surface area (TPSA) is 20.3 Å². The number of rotatable bonds is 2. The van der Waals surface area contributed by atoms with Crippen molar-refractivity contribution in [3.05, 3.63) is 35.9 Å². The molecule has 1 aromatic rings. The van der Waals surface area contributed by atoms with Gasteiger partial charge >= 0.3 is 0 Å². The van der Waals surface area contributed by atoms with Gasteiger partial charge in [-0.3, -0.25) is 4.79 Å². The Labute approximate surface area is 111 Å². The number of halogens is 1. The zero-order valence-electron chi connectivity index (χ0n) is 9.80. The van der Waals surface area contributed by atoms with E-state index >= 15 is 0 Å². The molecule has 92 valence electrons. The van der Waals surface area contributed by atoms with Crippen LogP contribution in [0.15, 0.2) is 30.3 Å². The molecule has 2 unspecified atom stereocenters. The standard InChI is InChI=1S/C13H16ClNOS/c1-10-9-17-8-7-15(10)13(16)12(14)11-5-3-2-4-6-11/h2-6,10,12H,7-9H2,1H3. The number of hydrogen-bond acceptors (Lipinski definition) is 2. The monoisotopic (exact) mass is 269 g/mol. The van der Waals surface area contributed by atoms with Crippen LogP contribution in [0.3, 0.4) is 0 Å². The minimum atomic E-state index is -0.554. The molecule has 17 heavy (non-hydrogen) atoms. The number of nitrogens with zero attached hydrogens (tertiary/aromatic N) is 1. The first kappa shape index (κ1) is 12.8. The molecule has 1 aromatic carbocycles. The summed E-state index contributed by atoms with van der Waals surface area (Å²) in [5.74, 6) is 2.05. The van der Waals surface area contributed by atoms with Gasteiger partial charge < -0.3 is 4.90 Å². The fraction of sp³-hybridized carbons (Fsp3) is 0.462. The van der Waals surface area contributed by atoms with E-state index in [4.69, 9.17) is 11.6 Å². The lowest BCUT2D eigenvalue weighted by atomic mass is 10.1. The third-order valence-corrected chi connectivity index (χ3v) is 4.59. The van der Waals surface area contributed by atoms with E-state index in [0.29, 0.717) is 0 Å². The van der Waals surface area contributed by atoms with Crippen LogP contribution in [0.1, 0.15) is 17.9 Å². The number of hydrogen-bond donors (Lipinski definition) is 0. The van der Waals surface area contributed by atoms with Crippen LogP contribution in [0.2, 0.25) is 0 Å². The van der Waals surface area contributed by atoms with E-state index in [2.05, 4.69) is 6.92 Å². The summed E-state index contributed by atoms with van der Waals surface area (Å²) in [5, 5.41) is -0.554. The van der Waals surface area contributed by atoms with Gasteiger partial charge in [-0.2, -0.15) is 11.8 Å². The zero-order chi connectivity index (χ0) is 12.3. The molecule has 1 aliphatic rings. The molecular formula is C13H16ClNOS. The molecule has 0 bridgehead atoms. The second-order valence-electron chi connectivity index (χ2n) is 4.23. The zero-order valence-corrected chi connectivity index (χ0v) is 11.4. The van der Waals surface area contributed by atoms with E-state index in [0.717, 1.165) is 23.6 Å². The molecule has 0 aliphatic carbocycles. The minimum Gasteiger partial charge on any atom is -0.337 e. The van der Waals surface area contributed by atoms with E-state index in [-0.39, 0.29) is 11.9 Å². The highest BCUT2D eigenvalue weighted by molar-refractivity contribution is 7.99. The second kappa shape index (κ2) is 5.78. The van der Waals surface area contributed by atoms with Crippen molar-refractivity contribution in [2.75, 3.05) is 18.1 Å². The van der Waals surface area contributed by atoms with Gasteiger partial charge in [-0.25, -0.2) is 0 Å². The smallest absolute Gasteiger partial charge is 0.245 e. The first-order valence-electron chi connectivity index (χ1n) is 5.77. The molecule has 1 saturated heterocycles. The molecule has 0 N–H and O–H groups in total. The average molecular weight is 270 g/mol. The summed E-state index contributed by atoms with van der Waals surface area (Å²) in [6, 6.07) is 9.84. The Morgan fingerprint density at radius 1 is 1.47 bits per heavy atom. The normalized spacial score (nSPS) is 22.2. The molecule has 2 atom stereocenters. The highest BCUT2D eigenvalue weighted by atomic mass is 35.5. The van der Waals surface area contributed by atoms with Crippen LogP contribution >= 0.6 is 23.4 Å². The largest absolute Gasteiger partial charge is 0.337 e. The maximum atomic E-state index is 12.3. The molecule has 0 spiro atoms. The molecule has 0 saturated carbocycles. The third kappa shape index (κ3) is 2.96. The van der Waals surface area contributed by atoms with Crippen molar-refractivity contribution in [1.29, 1.82) is 0 Å². The molecule has 1 fully saturated rings. The lowest BCUT2D eigenvalue weighted by molar-refractivity contribution is -0.132. The van der Waals surface area contributed by atoms with Crippen LogP contribution in [-0.2, 0) is 4.79 Å². The number of alkyl halides is 1. The van der Waals surface area contributed by atoms with Crippen molar-refractivity contribution >= 4 is 29.3 Å². The van der Waals surface area contributed by atoms with Crippen molar-refractivity contribution in [1.82, 2.24) is 4.90 Å². The van der Waals surface area contributed by atoms with Gasteiger partial charge in [0, 0.05) is 24.1 Å². The quantitative estimate of drug-likeness (QED) is 0.770. The Bertz CT molecular complexity index is 384. The van der Waals surface area contributed by atoms with Crippen molar-refractivity contribution in [2.45, 2.75) is 18.3 Å². The minimum absolute atomic E-state index is 0.0330. The van der Waals surface area contributed by atoms with Gasteiger partial charge in [0.2, 0.25) is 5.91 Å². The fourth-order valence-corrected chi connectivity index (χ4v) is 3.25. The number of carbonyl (C=O) groups excluding carboxylic acids is 1. The highest BCUT2D eigenvalue weighted by Gasteiger charge is 2.29. The third-order valence-electron chi connectivity index (χ3n) is 2.96. The van der Waals surface area contributed by atoms with Crippen molar-refractivity contribution in [2.24, 2.45) is 0 Å². The first-order valence-corrected chi connectivity index (χ1v) is 7.36. The van der Waals surface area contributed by atoms with Crippen molar-refractivity contribution < 1.29 is 4.79 Å². The van der Waals surface area contributed by atoms with Crippen LogP contribution in [0.4, 0.5) is 0 Å². The summed E-state index contributed by atoms with van der Waals surface area (Å²) in [6.45, 7) is 2.89. The van der Waals surface area contributed by atoms with Crippen LogP contribution in [0.25, 0.3) is 0 Å². The van der Waals surface area contributed by atoms with Gasteiger partial charge in [-0.15, -0.1) is 11.6 Å². The Kier molecular flexibility index (Phi) is 4.35. The molecular weight excluding hydrogens is 254 g/mol. The van der Waals surface area contributed by atoms with E-state index in [1.54, 1.807) is 0 Å². The van der Waals surface area contributed by atoms with Crippen LogP contribution in [0.5, 0.6) is 0 Å². The predicted octanol–water partition coefficient (Wildman–Crippen LogP) is 2.93. The SMILES string of the molecule is CC1CSCCN1C(=O)C(Cl)c1ccccc1. The summed E-state index contributed by atoms with van der Waals surface area (Å²) < 4.78 is 0. The van der Waals surface area contributed by atoms with Gasteiger partial charge in [-0.05, 0) is 12.5 Å². The summed E-state index contributed by atoms with van der Waals surface area (Å²) in [6.07, 6.45) is 0. The Hall–Kier alpha value is -0.670. The van der Waals surface area contributed by atoms with Crippen LogP contribution in [0, 0.1) is 0 Å². The van der Waals surface area contributed by atoms with Gasteiger partial charge in [0.25, 0.3) is 0 Å². The first-order chi connectivity index (χ1) is 8.20. The number of carbonyl (C=O) groups is 1.